The van der Waals surface area contributed by atoms with Crippen molar-refractivity contribution in [3.8, 4) is 0 Å². The fraction of sp³-hybridized carbons (Fsp3) is 0.429. The number of pyridine rings is 1. The van der Waals surface area contributed by atoms with E-state index in [1.807, 2.05) is 48.7 Å². The number of anilines is 1. The first kappa shape index (κ1) is 19.3. The van der Waals surface area contributed by atoms with Crippen LogP contribution in [0.2, 0.25) is 0 Å². The first-order valence-electron chi connectivity index (χ1n) is 9.70. The third-order valence-corrected chi connectivity index (χ3v) is 4.73. The number of para-hydroxylation sites is 1. The number of aromatic nitrogens is 1. The largest absolute Gasteiger partial charge is 0.358 e. The molecule has 1 aromatic carbocycles. The van der Waals surface area contributed by atoms with Crippen LogP contribution in [-0.4, -0.2) is 61.6 Å². The highest BCUT2D eigenvalue weighted by atomic mass is 16.2. The van der Waals surface area contributed by atoms with E-state index in [0.29, 0.717) is 13.1 Å². The van der Waals surface area contributed by atoms with Crippen molar-refractivity contribution in [2.24, 2.45) is 0 Å². The Balaban J connectivity index is 1.48. The summed E-state index contributed by atoms with van der Waals surface area (Å²) in [6.45, 7) is 7.08. The third-order valence-electron chi connectivity index (χ3n) is 4.73. The van der Waals surface area contributed by atoms with Crippen molar-refractivity contribution in [3.05, 3.63) is 60.4 Å². The maximum absolute atomic E-state index is 12.5. The molecule has 0 unspecified atom stereocenters. The predicted octanol–water partition coefficient (Wildman–Crippen LogP) is 1.50. The molecule has 27 heavy (non-hydrogen) atoms. The van der Waals surface area contributed by atoms with Crippen LogP contribution >= 0.6 is 0 Å². The molecule has 0 atom stereocenters. The molecule has 2 N–H and O–H groups in total. The minimum atomic E-state index is 0.0584. The second-order valence-corrected chi connectivity index (χ2v) is 6.85. The Bertz CT molecular complexity index is 673. The van der Waals surface area contributed by atoms with Crippen molar-refractivity contribution < 1.29 is 4.79 Å². The van der Waals surface area contributed by atoms with Gasteiger partial charge in [0.15, 0.2) is 0 Å². The first-order valence-corrected chi connectivity index (χ1v) is 9.70. The van der Waals surface area contributed by atoms with Crippen molar-refractivity contribution in [1.82, 2.24) is 20.5 Å². The van der Waals surface area contributed by atoms with Crippen LogP contribution in [0.5, 0.6) is 0 Å². The maximum Gasteiger partial charge on any atom is 0.239 e. The molecular formula is C21H29N5O. The topological polar surface area (TPSA) is 60.5 Å². The second-order valence-electron chi connectivity index (χ2n) is 6.85. The van der Waals surface area contributed by atoms with Gasteiger partial charge in [0.1, 0.15) is 0 Å². The number of carbonyl (C=O) groups excluding carboxylic acids is 1. The number of nitrogens with one attached hydrogen (secondary N) is 2. The van der Waals surface area contributed by atoms with Gasteiger partial charge < -0.3 is 20.4 Å². The summed E-state index contributed by atoms with van der Waals surface area (Å²) >= 11 is 0. The van der Waals surface area contributed by atoms with Crippen LogP contribution in [0.25, 0.3) is 0 Å². The lowest BCUT2D eigenvalue weighted by Gasteiger charge is -2.27. The molecule has 0 spiro atoms. The van der Waals surface area contributed by atoms with Crippen LogP contribution < -0.4 is 15.5 Å². The summed E-state index contributed by atoms with van der Waals surface area (Å²) in [4.78, 5) is 21.2. The molecule has 1 amide bonds. The van der Waals surface area contributed by atoms with Gasteiger partial charge in [-0.3, -0.25) is 9.78 Å². The Morgan fingerprint density at radius 1 is 1.15 bits per heavy atom. The summed E-state index contributed by atoms with van der Waals surface area (Å²) in [5.74, 6) is 0.0584. The van der Waals surface area contributed by atoms with E-state index in [1.54, 1.807) is 6.20 Å². The van der Waals surface area contributed by atoms with Crippen LogP contribution in [0.3, 0.4) is 0 Å². The van der Waals surface area contributed by atoms with Gasteiger partial charge in [0.05, 0.1) is 6.54 Å². The number of hydrogen-bond donors (Lipinski definition) is 2. The molecule has 0 aliphatic carbocycles. The molecule has 1 fully saturated rings. The number of piperazine rings is 1. The van der Waals surface area contributed by atoms with E-state index in [0.717, 1.165) is 56.9 Å². The highest BCUT2D eigenvalue weighted by Gasteiger charge is 2.13. The minimum Gasteiger partial charge on any atom is -0.358 e. The number of rotatable bonds is 9. The van der Waals surface area contributed by atoms with Gasteiger partial charge in [0.2, 0.25) is 5.91 Å². The van der Waals surface area contributed by atoms with E-state index >= 15 is 0 Å². The fourth-order valence-corrected chi connectivity index (χ4v) is 3.28. The molecule has 0 bridgehead atoms. The van der Waals surface area contributed by atoms with Gasteiger partial charge in [0.25, 0.3) is 0 Å². The van der Waals surface area contributed by atoms with Gasteiger partial charge in [-0.2, -0.15) is 0 Å². The average molecular weight is 367 g/mol. The van der Waals surface area contributed by atoms with Crippen molar-refractivity contribution in [2.45, 2.75) is 13.0 Å². The van der Waals surface area contributed by atoms with Crippen molar-refractivity contribution in [3.63, 3.8) is 0 Å². The molecule has 3 rings (SSSR count). The van der Waals surface area contributed by atoms with Crippen molar-refractivity contribution in [1.29, 1.82) is 0 Å². The molecule has 1 aromatic heterocycles. The van der Waals surface area contributed by atoms with Crippen molar-refractivity contribution in [2.75, 3.05) is 50.7 Å². The number of benzene rings is 1. The molecule has 2 heterocycles. The molecule has 0 saturated carbocycles. The lowest BCUT2D eigenvalue weighted by molar-refractivity contribution is -0.119. The summed E-state index contributed by atoms with van der Waals surface area (Å²) in [5, 5.41) is 6.43. The number of nitrogens with zero attached hydrogens (tertiary/aromatic N) is 3. The Labute approximate surface area is 161 Å². The molecule has 0 radical (unpaired) electrons. The number of hydrogen-bond acceptors (Lipinski definition) is 5. The summed E-state index contributed by atoms with van der Waals surface area (Å²) in [5.41, 5.74) is 2.13. The van der Waals surface area contributed by atoms with Crippen LogP contribution in [0.1, 0.15) is 12.0 Å². The molecular weight excluding hydrogens is 338 g/mol. The quantitative estimate of drug-likeness (QED) is 0.658. The zero-order valence-electron chi connectivity index (χ0n) is 15.8. The van der Waals surface area contributed by atoms with E-state index in [4.69, 9.17) is 0 Å². The standard InChI is InChI=1S/C21H29N5O/c27-21(24-10-5-13-25-14-11-22-12-15-25)18-26(20-7-2-1-3-8-20)17-19-6-4-9-23-16-19/h1-4,6-9,16,22H,5,10-15,17-18H2,(H,24,27). The third kappa shape index (κ3) is 6.66. The van der Waals surface area contributed by atoms with E-state index < -0.39 is 0 Å². The SMILES string of the molecule is O=C(CN(Cc1cccnc1)c1ccccc1)NCCCN1CCNCC1. The predicted molar refractivity (Wildman–Crippen MR) is 109 cm³/mol. The minimum absolute atomic E-state index is 0.0584. The monoisotopic (exact) mass is 367 g/mol. The zero-order valence-corrected chi connectivity index (χ0v) is 15.8. The molecule has 2 aromatic rings. The summed E-state index contributed by atoms with van der Waals surface area (Å²) < 4.78 is 0. The summed E-state index contributed by atoms with van der Waals surface area (Å²) in [6.07, 6.45) is 4.60. The van der Waals surface area contributed by atoms with Crippen molar-refractivity contribution >= 4 is 11.6 Å². The van der Waals surface area contributed by atoms with Crippen LogP contribution in [0, 0.1) is 0 Å². The lowest BCUT2D eigenvalue weighted by Crippen LogP contribution is -2.44. The summed E-state index contributed by atoms with van der Waals surface area (Å²) in [6, 6.07) is 14.0. The lowest BCUT2D eigenvalue weighted by atomic mass is 10.2. The van der Waals surface area contributed by atoms with Crippen LogP contribution in [0.4, 0.5) is 5.69 Å². The smallest absolute Gasteiger partial charge is 0.239 e. The van der Waals surface area contributed by atoms with Gasteiger partial charge in [-0.15, -0.1) is 0 Å². The highest BCUT2D eigenvalue weighted by molar-refractivity contribution is 5.81. The fourth-order valence-electron chi connectivity index (χ4n) is 3.28. The van der Waals surface area contributed by atoms with Gasteiger partial charge in [0, 0.05) is 57.3 Å². The summed E-state index contributed by atoms with van der Waals surface area (Å²) in [7, 11) is 0. The molecule has 6 heteroatoms. The van der Waals surface area contributed by atoms with Gasteiger partial charge in [-0.25, -0.2) is 0 Å². The van der Waals surface area contributed by atoms with E-state index in [1.165, 1.54) is 0 Å². The Morgan fingerprint density at radius 2 is 1.96 bits per heavy atom. The van der Waals surface area contributed by atoms with Crippen LogP contribution in [-0.2, 0) is 11.3 Å². The second kappa shape index (κ2) is 10.6. The van der Waals surface area contributed by atoms with Gasteiger partial charge >= 0.3 is 0 Å². The number of amides is 1. The van der Waals surface area contributed by atoms with Crippen LogP contribution in [0.15, 0.2) is 54.9 Å². The Kier molecular flexibility index (Phi) is 7.62. The Hall–Kier alpha value is -2.44. The Morgan fingerprint density at radius 3 is 2.70 bits per heavy atom. The molecule has 1 aliphatic rings. The molecule has 6 nitrogen and oxygen atoms in total. The van der Waals surface area contributed by atoms with E-state index in [2.05, 4.69) is 25.4 Å². The zero-order chi connectivity index (χ0) is 18.7. The van der Waals surface area contributed by atoms with E-state index in [9.17, 15) is 4.79 Å². The van der Waals surface area contributed by atoms with Gasteiger partial charge in [-0.1, -0.05) is 24.3 Å². The average Bonchev–Trinajstić information content (AvgIpc) is 2.73. The normalized spacial score (nSPS) is 14.7. The first-order chi connectivity index (χ1) is 13.3. The van der Waals surface area contributed by atoms with Gasteiger partial charge in [-0.05, 0) is 36.7 Å². The highest BCUT2D eigenvalue weighted by Crippen LogP contribution is 2.16. The number of carbonyl (C=O) groups is 1. The maximum atomic E-state index is 12.5. The molecule has 1 aliphatic heterocycles. The van der Waals surface area contributed by atoms with E-state index in [-0.39, 0.29) is 5.91 Å². The molecule has 1 saturated heterocycles. The molecule has 144 valence electrons.